The highest BCUT2D eigenvalue weighted by atomic mass is 16.6. The van der Waals surface area contributed by atoms with Gasteiger partial charge in [0.1, 0.15) is 47.9 Å². The van der Waals surface area contributed by atoms with E-state index in [2.05, 4.69) is 11.8 Å². The van der Waals surface area contributed by atoms with E-state index in [1.807, 2.05) is 156 Å². The molecule has 55 heavy (non-hydrogen) atoms. The molecule has 2 aliphatic heterocycles. The molecule has 2 fully saturated rings. The van der Waals surface area contributed by atoms with Crippen molar-refractivity contribution in [3.8, 4) is 11.8 Å². The molecule has 0 bridgehead atoms. The Kier molecular flexibility index (Phi) is 13.8. The predicted octanol–water partition coefficient (Wildman–Crippen LogP) is 8.10. The van der Waals surface area contributed by atoms with Gasteiger partial charge in [0.25, 0.3) is 0 Å². The monoisotopic (exact) mass is 747 g/mol. The highest BCUT2D eigenvalue weighted by Crippen LogP contribution is 2.33. The van der Waals surface area contributed by atoms with Crippen molar-refractivity contribution in [1.29, 1.82) is 0 Å². The van der Waals surface area contributed by atoms with Gasteiger partial charge < -0.3 is 33.2 Å². The number of carbonyl (C=O) groups is 1. The molecule has 9 nitrogen and oxygen atoms in total. The van der Waals surface area contributed by atoms with Crippen LogP contribution >= 0.6 is 0 Å². The molecule has 0 N–H and O–H groups in total. The number of rotatable bonds is 13. The van der Waals surface area contributed by atoms with Crippen molar-refractivity contribution in [3.63, 3.8) is 0 Å². The van der Waals surface area contributed by atoms with Gasteiger partial charge >= 0.3 is 6.09 Å². The highest BCUT2D eigenvalue weighted by molar-refractivity contribution is 5.70. The predicted molar refractivity (Wildman–Crippen MR) is 209 cm³/mol. The molecule has 2 aliphatic rings. The summed E-state index contributed by atoms with van der Waals surface area (Å²) in [6.07, 6.45) is -3.76. The molecule has 6 rings (SSSR count). The molecule has 0 aliphatic carbocycles. The summed E-state index contributed by atoms with van der Waals surface area (Å²) < 4.78 is 45.5. The fourth-order valence-corrected chi connectivity index (χ4v) is 6.65. The molecule has 2 saturated heterocycles. The normalized spacial score (nSPS) is 23.5. The zero-order valence-corrected chi connectivity index (χ0v) is 32.5. The van der Waals surface area contributed by atoms with Crippen molar-refractivity contribution in [2.24, 2.45) is 0 Å². The summed E-state index contributed by atoms with van der Waals surface area (Å²) in [6.45, 7) is 11.0. The van der Waals surface area contributed by atoms with Gasteiger partial charge in [-0.25, -0.2) is 4.79 Å². The minimum atomic E-state index is -0.927. The van der Waals surface area contributed by atoms with Crippen molar-refractivity contribution in [1.82, 2.24) is 4.90 Å². The maximum atomic E-state index is 13.5. The number of carbonyl (C=O) groups excluding carboxylic acids is 1. The molecule has 0 radical (unpaired) electrons. The summed E-state index contributed by atoms with van der Waals surface area (Å²) in [5.41, 5.74) is 2.45. The molecule has 6 atom stereocenters. The number of benzene rings is 4. The molecule has 2 heterocycles. The molecule has 0 aromatic heterocycles. The van der Waals surface area contributed by atoms with Crippen molar-refractivity contribution in [2.75, 3.05) is 13.2 Å². The van der Waals surface area contributed by atoms with Crippen LogP contribution in [-0.2, 0) is 59.6 Å². The van der Waals surface area contributed by atoms with Crippen molar-refractivity contribution >= 4 is 6.09 Å². The maximum Gasteiger partial charge on any atom is 0.413 e. The Morgan fingerprint density at radius 3 is 1.62 bits per heavy atom. The van der Waals surface area contributed by atoms with E-state index < -0.39 is 54.0 Å². The lowest BCUT2D eigenvalue weighted by Crippen LogP contribution is -2.61. The first-order valence-electron chi connectivity index (χ1n) is 19.0. The lowest BCUT2D eigenvalue weighted by Gasteiger charge is -2.45. The first-order valence-corrected chi connectivity index (χ1v) is 19.0. The van der Waals surface area contributed by atoms with E-state index in [1.165, 1.54) is 0 Å². The smallest absolute Gasteiger partial charge is 0.413 e. The Morgan fingerprint density at radius 1 is 0.673 bits per heavy atom. The van der Waals surface area contributed by atoms with Gasteiger partial charge in [0.15, 0.2) is 0 Å². The molecule has 4 aromatic rings. The maximum absolute atomic E-state index is 13.5. The van der Waals surface area contributed by atoms with Crippen LogP contribution in [0.1, 0.15) is 56.9 Å². The van der Waals surface area contributed by atoms with E-state index in [-0.39, 0.29) is 13.2 Å². The second-order valence-corrected chi connectivity index (χ2v) is 15.3. The fourth-order valence-electron chi connectivity index (χ4n) is 6.65. The Hall–Kier alpha value is -4.53. The number of hydrogen-bond donors (Lipinski definition) is 0. The minimum Gasteiger partial charge on any atom is -0.444 e. The summed E-state index contributed by atoms with van der Waals surface area (Å²) in [4.78, 5) is 15.1. The summed E-state index contributed by atoms with van der Waals surface area (Å²) in [5, 5.41) is 0. The Morgan fingerprint density at radius 2 is 1.13 bits per heavy atom. The second kappa shape index (κ2) is 18.9. The largest absolute Gasteiger partial charge is 0.444 e. The third-order valence-electron chi connectivity index (χ3n) is 9.35. The van der Waals surface area contributed by atoms with E-state index in [1.54, 1.807) is 4.90 Å². The van der Waals surface area contributed by atoms with Crippen molar-refractivity contribution in [3.05, 3.63) is 144 Å². The van der Waals surface area contributed by atoms with Crippen LogP contribution < -0.4 is 0 Å². The number of hydrogen-bond acceptors (Lipinski definition) is 8. The Bertz CT molecular complexity index is 1820. The van der Waals surface area contributed by atoms with Crippen LogP contribution in [0.5, 0.6) is 0 Å². The van der Waals surface area contributed by atoms with Crippen LogP contribution in [0.15, 0.2) is 121 Å². The van der Waals surface area contributed by atoms with Crippen LogP contribution in [0.2, 0.25) is 0 Å². The Balaban J connectivity index is 1.35. The average molecular weight is 748 g/mol. The number of ether oxygens (including phenoxy) is 7. The molecule has 0 saturated carbocycles. The van der Waals surface area contributed by atoms with Crippen LogP contribution in [-0.4, -0.2) is 72.1 Å². The van der Waals surface area contributed by atoms with Crippen LogP contribution in [0.3, 0.4) is 0 Å². The summed E-state index contributed by atoms with van der Waals surface area (Å²) in [5.74, 6) is 6.71. The lowest BCUT2D eigenvalue weighted by molar-refractivity contribution is -0.261. The van der Waals surface area contributed by atoms with Crippen molar-refractivity contribution in [2.45, 2.75) is 109 Å². The molecule has 290 valence electrons. The van der Waals surface area contributed by atoms with E-state index in [9.17, 15) is 4.79 Å². The van der Waals surface area contributed by atoms with Gasteiger partial charge in [-0.15, -0.1) is 0 Å². The quantitative estimate of drug-likeness (QED) is 0.127. The second-order valence-electron chi connectivity index (χ2n) is 15.3. The first-order chi connectivity index (χ1) is 26.6. The zero-order chi connectivity index (χ0) is 38.7. The van der Waals surface area contributed by atoms with Crippen LogP contribution in [0.25, 0.3) is 0 Å². The lowest BCUT2D eigenvalue weighted by atomic mass is 9.93. The molecule has 1 amide bonds. The van der Waals surface area contributed by atoms with Gasteiger partial charge in [-0.3, -0.25) is 4.90 Å². The number of nitrogens with zero attached hydrogens (tertiary/aromatic N) is 1. The van der Waals surface area contributed by atoms with E-state index in [4.69, 9.17) is 33.2 Å². The Labute approximate surface area is 325 Å². The third-order valence-corrected chi connectivity index (χ3v) is 9.35. The molecular weight excluding hydrogens is 695 g/mol. The SMILES string of the molecule is CC(C)(C)OC(=O)N1[C@@H](C#C[C@@H]2O[C@H](COCc3ccccc3)[C@H](OCc3ccccc3)[C@H](OCc3ccccc3)[C@H]2OCc2ccccc2)COC1(C)C. The topological polar surface area (TPSA) is 84.9 Å². The molecule has 4 aromatic carbocycles. The van der Waals surface area contributed by atoms with Gasteiger partial charge in [0, 0.05) is 0 Å². The summed E-state index contributed by atoms with van der Waals surface area (Å²) in [6, 6.07) is 39.5. The van der Waals surface area contributed by atoms with E-state index >= 15 is 0 Å². The van der Waals surface area contributed by atoms with Gasteiger partial charge in [-0.1, -0.05) is 133 Å². The van der Waals surface area contributed by atoms with E-state index in [0.717, 1.165) is 22.3 Å². The van der Waals surface area contributed by atoms with E-state index in [0.29, 0.717) is 26.4 Å². The van der Waals surface area contributed by atoms with Gasteiger partial charge in [0.2, 0.25) is 0 Å². The summed E-state index contributed by atoms with van der Waals surface area (Å²) in [7, 11) is 0. The van der Waals surface area contributed by atoms with Gasteiger partial charge in [-0.2, -0.15) is 0 Å². The molecule has 9 heteroatoms. The van der Waals surface area contributed by atoms with Gasteiger partial charge in [-0.05, 0) is 56.9 Å². The first kappa shape index (κ1) is 40.1. The molecular formula is C46H53NO8. The van der Waals surface area contributed by atoms with Crippen molar-refractivity contribution < 1.29 is 38.0 Å². The van der Waals surface area contributed by atoms with Crippen LogP contribution in [0.4, 0.5) is 4.79 Å². The fraction of sp³-hybridized carbons (Fsp3) is 0.413. The minimum absolute atomic E-state index is 0.210. The third kappa shape index (κ3) is 11.5. The number of amides is 1. The summed E-state index contributed by atoms with van der Waals surface area (Å²) >= 11 is 0. The van der Waals surface area contributed by atoms with Gasteiger partial charge in [0.05, 0.1) is 39.6 Å². The van der Waals surface area contributed by atoms with Crippen LogP contribution in [0, 0.1) is 11.8 Å². The average Bonchev–Trinajstić information content (AvgIpc) is 3.49. The standard InChI is InChI=1S/C46H53NO8/c1-45(2,3)55-44(48)47-38(32-53-46(47,4)5)26-27-39-41(50-29-35-20-12-7-13-21-35)43(52-31-37-24-16-9-17-25-37)42(51-30-36-22-14-8-15-23-36)40(54-39)33-49-28-34-18-10-6-11-19-34/h6-25,38-43H,28-33H2,1-5H3/t38-,39-,40+,41-,42-,43+/m0/s1. The molecule has 0 unspecified atom stereocenters. The zero-order valence-electron chi connectivity index (χ0n) is 32.5. The highest BCUT2D eigenvalue weighted by Gasteiger charge is 2.49. The molecule has 0 spiro atoms.